The molecule has 0 spiro atoms. The second kappa shape index (κ2) is 8.70. The molecule has 0 radical (unpaired) electrons. The zero-order chi connectivity index (χ0) is 19.2. The van der Waals surface area contributed by atoms with Crippen molar-refractivity contribution in [1.29, 1.82) is 0 Å². The van der Waals surface area contributed by atoms with E-state index in [0.29, 0.717) is 38.2 Å². The number of benzene rings is 1. The molecule has 3 rings (SSSR count). The first-order chi connectivity index (χ1) is 13.0. The number of carbonyl (C=O) groups is 2. The number of hydrogen-bond acceptors (Lipinski definition) is 3. The van der Waals surface area contributed by atoms with Gasteiger partial charge in [0, 0.05) is 19.0 Å². The molecule has 1 fully saturated rings. The Bertz CT molecular complexity index is 771. The molecule has 1 saturated heterocycles. The summed E-state index contributed by atoms with van der Waals surface area (Å²) in [5.41, 5.74) is 0.734. The number of urea groups is 1. The van der Waals surface area contributed by atoms with Crippen molar-refractivity contribution in [1.82, 2.24) is 15.5 Å². The highest BCUT2D eigenvalue weighted by Gasteiger charge is 2.28. The predicted octanol–water partition coefficient (Wildman–Crippen LogP) is 3.22. The Morgan fingerprint density at radius 2 is 2.04 bits per heavy atom. The monoisotopic (exact) mass is 373 g/mol. The third-order valence-corrected chi connectivity index (χ3v) is 4.85. The third kappa shape index (κ3) is 5.09. The quantitative estimate of drug-likeness (QED) is 0.845. The molecular weight excluding hydrogens is 349 g/mol. The number of nitrogens with one attached hydrogen (secondary N) is 2. The van der Waals surface area contributed by atoms with Crippen molar-refractivity contribution in [3.63, 3.8) is 0 Å². The molecule has 1 aliphatic heterocycles. The van der Waals surface area contributed by atoms with Gasteiger partial charge in [0.2, 0.25) is 5.91 Å². The molecule has 144 valence electrons. The number of furan rings is 1. The minimum absolute atomic E-state index is 0.0533. The van der Waals surface area contributed by atoms with Crippen LogP contribution in [0.15, 0.2) is 47.1 Å². The zero-order valence-electron chi connectivity index (χ0n) is 15.3. The summed E-state index contributed by atoms with van der Waals surface area (Å²) < 4.78 is 18.5. The molecule has 2 aromatic rings. The molecule has 2 heterocycles. The molecule has 1 aromatic heterocycles. The maximum atomic E-state index is 13.3. The van der Waals surface area contributed by atoms with Crippen LogP contribution >= 0.6 is 0 Å². The van der Waals surface area contributed by atoms with E-state index < -0.39 is 0 Å². The number of piperidine rings is 1. The maximum Gasteiger partial charge on any atom is 0.317 e. The van der Waals surface area contributed by atoms with Crippen LogP contribution in [0.4, 0.5) is 9.18 Å². The molecule has 0 aliphatic carbocycles. The molecule has 6 nitrogen and oxygen atoms in total. The van der Waals surface area contributed by atoms with E-state index in [1.165, 1.54) is 12.1 Å². The van der Waals surface area contributed by atoms with Crippen LogP contribution in [0.25, 0.3) is 0 Å². The van der Waals surface area contributed by atoms with E-state index in [2.05, 4.69) is 10.6 Å². The van der Waals surface area contributed by atoms with Gasteiger partial charge in [0.25, 0.3) is 0 Å². The van der Waals surface area contributed by atoms with E-state index in [9.17, 15) is 14.0 Å². The first-order valence-electron chi connectivity index (χ1n) is 9.14. The van der Waals surface area contributed by atoms with Crippen molar-refractivity contribution in [3.05, 3.63) is 59.8 Å². The first kappa shape index (κ1) is 18.9. The molecule has 0 unspecified atom stereocenters. The molecule has 27 heavy (non-hydrogen) atoms. The second-order valence-electron chi connectivity index (χ2n) is 6.78. The topological polar surface area (TPSA) is 74.6 Å². The van der Waals surface area contributed by atoms with Gasteiger partial charge in [-0.25, -0.2) is 9.18 Å². The van der Waals surface area contributed by atoms with Crippen LogP contribution in [-0.4, -0.2) is 29.9 Å². The van der Waals surface area contributed by atoms with Crippen molar-refractivity contribution >= 4 is 11.9 Å². The van der Waals surface area contributed by atoms with Crippen molar-refractivity contribution in [2.24, 2.45) is 5.92 Å². The number of likely N-dealkylation sites (tertiary alicyclic amines) is 1. The molecule has 2 N–H and O–H groups in total. The standard InChI is InChI=1S/C20H24FN3O3/c1-14(16-4-2-5-17(21)12-16)23-19(25)15-7-9-24(10-8-15)20(26)22-13-18-6-3-11-27-18/h2-6,11-12,14-15H,7-10,13H2,1H3,(H,22,26)(H,23,25)/t14-/m1/s1. The largest absolute Gasteiger partial charge is 0.467 e. The summed E-state index contributed by atoms with van der Waals surface area (Å²) in [5.74, 6) is 0.184. The van der Waals surface area contributed by atoms with Gasteiger partial charge in [-0.1, -0.05) is 12.1 Å². The fraction of sp³-hybridized carbons (Fsp3) is 0.400. The van der Waals surface area contributed by atoms with Gasteiger partial charge in [0.1, 0.15) is 11.6 Å². The summed E-state index contributed by atoms with van der Waals surface area (Å²) in [6.07, 6.45) is 2.78. The van der Waals surface area contributed by atoms with E-state index in [0.717, 1.165) is 5.56 Å². The van der Waals surface area contributed by atoms with Crippen LogP contribution in [0.1, 0.15) is 37.1 Å². The highest BCUT2D eigenvalue weighted by atomic mass is 19.1. The second-order valence-corrected chi connectivity index (χ2v) is 6.78. The van der Waals surface area contributed by atoms with E-state index in [1.807, 2.05) is 6.92 Å². The lowest BCUT2D eigenvalue weighted by Crippen LogP contribution is -2.46. The summed E-state index contributed by atoms with van der Waals surface area (Å²) in [6.45, 7) is 3.23. The van der Waals surface area contributed by atoms with Crippen LogP contribution in [0.5, 0.6) is 0 Å². The van der Waals surface area contributed by atoms with E-state index in [-0.39, 0.29) is 29.7 Å². The SMILES string of the molecule is C[C@@H](NC(=O)C1CCN(C(=O)NCc2ccco2)CC1)c1cccc(F)c1. The zero-order valence-corrected chi connectivity index (χ0v) is 15.3. The predicted molar refractivity (Wildman–Crippen MR) is 98.2 cm³/mol. The number of hydrogen-bond donors (Lipinski definition) is 2. The minimum atomic E-state index is -0.317. The Morgan fingerprint density at radius 3 is 2.70 bits per heavy atom. The lowest BCUT2D eigenvalue weighted by Gasteiger charge is -2.32. The van der Waals surface area contributed by atoms with E-state index in [1.54, 1.807) is 35.4 Å². The van der Waals surface area contributed by atoms with Crippen LogP contribution in [0.3, 0.4) is 0 Å². The average molecular weight is 373 g/mol. The van der Waals surface area contributed by atoms with E-state index in [4.69, 9.17) is 4.42 Å². The van der Waals surface area contributed by atoms with Crippen molar-refractivity contribution in [3.8, 4) is 0 Å². The Balaban J connectivity index is 1.44. The Labute approximate surface area is 157 Å². The minimum Gasteiger partial charge on any atom is -0.467 e. The normalized spacial score (nSPS) is 16.0. The molecule has 7 heteroatoms. The highest BCUT2D eigenvalue weighted by molar-refractivity contribution is 5.80. The van der Waals surface area contributed by atoms with Gasteiger partial charge in [0.15, 0.2) is 0 Å². The molecular formula is C20H24FN3O3. The Hall–Kier alpha value is -2.83. The Kier molecular flexibility index (Phi) is 6.11. The molecule has 0 saturated carbocycles. The van der Waals surface area contributed by atoms with Crippen LogP contribution in [0, 0.1) is 11.7 Å². The van der Waals surface area contributed by atoms with Crippen molar-refractivity contribution in [2.45, 2.75) is 32.4 Å². The summed E-state index contributed by atoms with van der Waals surface area (Å²) in [7, 11) is 0. The van der Waals surface area contributed by atoms with Gasteiger partial charge in [-0.3, -0.25) is 4.79 Å². The average Bonchev–Trinajstić information content (AvgIpc) is 3.20. The van der Waals surface area contributed by atoms with Gasteiger partial charge in [-0.05, 0) is 49.6 Å². The van der Waals surface area contributed by atoms with Gasteiger partial charge in [0.05, 0.1) is 18.8 Å². The van der Waals surface area contributed by atoms with E-state index >= 15 is 0 Å². The molecule has 0 bridgehead atoms. The molecule has 1 aliphatic rings. The fourth-order valence-electron chi connectivity index (χ4n) is 3.22. The summed E-state index contributed by atoms with van der Waals surface area (Å²) >= 11 is 0. The third-order valence-electron chi connectivity index (χ3n) is 4.85. The molecule has 1 aromatic carbocycles. The van der Waals surface area contributed by atoms with Crippen LogP contribution < -0.4 is 10.6 Å². The molecule has 1 atom stereocenters. The van der Waals surface area contributed by atoms with Crippen LogP contribution in [-0.2, 0) is 11.3 Å². The summed E-state index contributed by atoms with van der Waals surface area (Å²) in [4.78, 5) is 26.4. The smallest absolute Gasteiger partial charge is 0.317 e. The fourth-order valence-corrected chi connectivity index (χ4v) is 3.22. The lowest BCUT2D eigenvalue weighted by molar-refractivity contribution is -0.126. The van der Waals surface area contributed by atoms with Gasteiger partial charge >= 0.3 is 6.03 Å². The number of amides is 3. The first-order valence-corrected chi connectivity index (χ1v) is 9.14. The summed E-state index contributed by atoms with van der Waals surface area (Å²) in [5, 5.41) is 5.76. The number of carbonyl (C=O) groups excluding carboxylic acids is 2. The lowest BCUT2D eigenvalue weighted by atomic mass is 9.95. The molecule has 3 amide bonds. The summed E-state index contributed by atoms with van der Waals surface area (Å²) in [6, 6.07) is 9.39. The van der Waals surface area contributed by atoms with Crippen molar-refractivity contribution < 1.29 is 18.4 Å². The maximum absolute atomic E-state index is 13.3. The van der Waals surface area contributed by atoms with Crippen LogP contribution in [0.2, 0.25) is 0 Å². The number of halogens is 1. The number of nitrogens with zero attached hydrogens (tertiary/aromatic N) is 1. The van der Waals surface area contributed by atoms with Gasteiger partial charge in [-0.2, -0.15) is 0 Å². The van der Waals surface area contributed by atoms with Gasteiger partial charge in [-0.15, -0.1) is 0 Å². The highest BCUT2D eigenvalue weighted by Crippen LogP contribution is 2.20. The van der Waals surface area contributed by atoms with Crippen molar-refractivity contribution in [2.75, 3.05) is 13.1 Å². The number of rotatable bonds is 5. The van der Waals surface area contributed by atoms with Gasteiger partial charge < -0.3 is 20.0 Å². The Morgan fingerprint density at radius 1 is 1.26 bits per heavy atom.